The van der Waals surface area contributed by atoms with Crippen molar-refractivity contribution in [2.24, 2.45) is 0 Å². The first-order chi connectivity index (χ1) is 7.67. The Morgan fingerprint density at radius 1 is 1.29 bits per heavy atom. The number of hydrogen-bond acceptors (Lipinski definition) is 1. The van der Waals surface area contributed by atoms with E-state index in [0.29, 0.717) is 0 Å². The molecule has 96 valence electrons. The van der Waals surface area contributed by atoms with Crippen LogP contribution in [0.25, 0.3) is 0 Å². The van der Waals surface area contributed by atoms with E-state index in [0.717, 1.165) is 21.7 Å². The number of rotatable bonds is 3. The third-order valence-electron chi connectivity index (χ3n) is 3.34. The lowest BCUT2D eigenvalue weighted by Gasteiger charge is -2.37. The number of halogens is 2. The fourth-order valence-electron chi connectivity index (χ4n) is 1.18. The topological polar surface area (TPSA) is 9.23 Å². The van der Waals surface area contributed by atoms with Crippen molar-refractivity contribution in [1.29, 1.82) is 0 Å². The predicted molar refractivity (Wildman–Crippen MR) is 81.9 cm³/mol. The van der Waals surface area contributed by atoms with Crippen molar-refractivity contribution in [2.45, 2.75) is 44.2 Å². The Bertz CT molecular complexity index is 399. The largest absolute Gasteiger partial charge is 0.543 e. The Balaban J connectivity index is 3.03. The zero-order chi connectivity index (χ0) is 13.3. The molecule has 0 radical (unpaired) electrons. The quantitative estimate of drug-likeness (QED) is 0.514. The number of alkyl halides is 1. The minimum absolute atomic E-state index is 0.205. The van der Waals surface area contributed by atoms with Crippen molar-refractivity contribution >= 4 is 35.8 Å². The molecule has 0 atom stereocenters. The van der Waals surface area contributed by atoms with Gasteiger partial charge in [-0.15, -0.1) is 0 Å². The van der Waals surface area contributed by atoms with Crippen LogP contribution >= 0.6 is 27.5 Å². The Morgan fingerprint density at radius 3 is 2.35 bits per heavy atom. The van der Waals surface area contributed by atoms with Crippen molar-refractivity contribution in [3.8, 4) is 5.75 Å². The molecule has 1 aromatic rings. The third-order valence-corrected chi connectivity index (χ3v) is 8.52. The number of benzene rings is 1. The van der Waals surface area contributed by atoms with Crippen molar-refractivity contribution in [3.05, 3.63) is 28.8 Å². The Kier molecular flexibility index (Phi) is 4.72. The van der Waals surface area contributed by atoms with Crippen molar-refractivity contribution in [2.75, 3.05) is 0 Å². The van der Waals surface area contributed by atoms with E-state index in [-0.39, 0.29) is 5.04 Å². The first-order valence-electron chi connectivity index (χ1n) is 5.71. The molecule has 0 N–H and O–H groups in total. The van der Waals surface area contributed by atoms with Crippen LogP contribution in [0.3, 0.4) is 0 Å². The van der Waals surface area contributed by atoms with Crippen LogP contribution in [0.4, 0.5) is 0 Å². The Labute approximate surface area is 119 Å². The lowest BCUT2D eigenvalue weighted by molar-refractivity contribution is 0.489. The molecule has 17 heavy (non-hydrogen) atoms. The van der Waals surface area contributed by atoms with Gasteiger partial charge in [-0.05, 0) is 36.3 Å². The summed E-state index contributed by atoms with van der Waals surface area (Å²) >= 11 is 9.47. The second kappa shape index (κ2) is 5.33. The highest BCUT2D eigenvalue weighted by Crippen LogP contribution is 2.38. The second-order valence-corrected chi connectivity index (χ2v) is 11.5. The van der Waals surface area contributed by atoms with Crippen molar-refractivity contribution in [1.82, 2.24) is 0 Å². The lowest BCUT2D eigenvalue weighted by atomic mass is 10.2. The standard InChI is InChI=1S/C13H20BrClOSi/c1-13(2,3)17(4,5)16-12-7-6-11(15)8-10(12)9-14/h6-8H,9H2,1-5H3. The van der Waals surface area contributed by atoms with Crippen LogP contribution in [0.5, 0.6) is 5.75 Å². The van der Waals surface area contributed by atoms with Gasteiger partial charge in [0.25, 0.3) is 0 Å². The van der Waals surface area contributed by atoms with Gasteiger partial charge in [0.2, 0.25) is 8.32 Å². The van der Waals surface area contributed by atoms with E-state index in [1.807, 2.05) is 18.2 Å². The summed E-state index contributed by atoms with van der Waals surface area (Å²) in [6.45, 7) is 11.2. The summed E-state index contributed by atoms with van der Waals surface area (Å²) < 4.78 is 6.29. The molecule has 0 saturated heterocycles. The maximum Gasteiger partial charge on any atom is 0.250 e. The minimum Gasteiger partial charge on any atom is -0.543 e. The molecular formula is C13H20BrClOSi. The van der Waals surface area contributed by atoms with Crippen LogP contribution in [0.2, 0.25) is 23.2 Å². The van der Waals surface area contributed by atoms with Gasteiger partial charge in [-0.3, -0.25) is 0 Å². The summed E-state index contributed by atoms with van der Waals surface area (Å²) in [5, 5.41) is 1.72. The number of hydrogen-bond donors (Lipinski definition) is 0. The van der Waals surface area contributed by atoms with Crippen molar-refractivity contribution in [3.63, 3.8) is 0 Å². The highest BCUT2D eigenvalue weighted by molar-refractivity contribution is 9.08. The van der Waals surface area contributed by atoms with Gasteiger partial charge in [-0.2, -0.15) is 0 Å². The molecule has 0 bridgehead atoms. The molecule has 0 unspecified atom stereocenters. The van der Waals surface area contributed by atoms with E-state index in [1.54, 1.807) is 0 Å². The summed E-state index contributed by atoms with van der Waals surface area (Å²) in [6, 6.07) is 5.81. The molecular weight excluding hydrogens is 316 g/mol. The molecule has 0 spiro atoms. The van der Waals surface area contributed by atoms with Crippen LogP contribution in [-0.2, 0) is 5.33 Å². The average Bonchev–Trinajstić information content (AvgIpc) is 2.18. The minimum atomic E-state index is -1.77. The fourth-order valence-corrected chi connectivity index (χ4v) is 2.87. The van der Waals surface area contributed by atoms with Gasteiger partial charge in [-0.1, -0.05) is 48.3 Å². The molecule has 4 heteroatoms. The summed E-state index contributed by atoms with van der Waals surface area (Å²) in [5.74, 6) is 0.956. The van der Waals surface area contributed by atoms with Gasteiger partial charge in [0.1, 0.15) is 5.75 Å². The lowest BCUT2D eigenvalue weighted by Crippen LogP contribution is -2.44. The Hall–Kier alpha value is 0.00688. The fraction of sp³-hybridized carbons (Fsp3) is 0.538. The molecule has 0 saturated carbocycles. The van der Waals surface area contributed by atoms with E-state index >= 15 is 0 Å². The van der Waals surface area contributed by atoms with Gasteiger partial charge in [-0.25, -0.2) is 0 Å². The highest BCUT2D eigenvalue weighted by Gasteiger charge is 2.39. The molecule has 1 nitrogen and oxygen atoms in total. The van der Waals surface area contributed by atoms with Crippen LogP contribution < -0.4 is 4.43 Å². The highest BCUT2D eigenvalue weighted by atomic mass is 79.9. The summed E-state index contributed by atoms with van der Waals surface area (Å²) in [7, 11) is -1.77. The van der Waals surface area contributed by atoms with Gasteiger partial charge < -0.3 is 4.43 Å². The monoisotopic (exact) mass is 334 g/mol. The van der Waals surface area contributed by atoms with Crippen LogP contribution in [0, 0.1) is 0 Å². The first-order valence-corrected chi connectivity index (χ1v) is 10.1. The van der Waals surface area contributed by atoms with Gasteiger partial charge in [0.05, 0.1) is 0 Å². The summed E-state index contributed by atoms with van der Waals surface area (Å²) in [6.07, 6.45) is 0. The molecule has 0 heterocycles. The van der Waals surface area contributed by atoms with Gasteiger partial charge in [0.15, 0.2) is 0 Å². The SMILES string of the molecule is CC(C)(C)[Si](C)(C)Oc1ccc(Cl)cc1CBr. The second-order valence-electron chi connectivity index (χ2n) is 5.75. The van der Waals surface area contributed by atoms with E-state index in [1.165, 1.54) is 0 Å². The maximum atomic E-state index is 6.29. The molecule has 0 fully saturated rings. The van der Waals surface area contributed by atoms with E-state index in [9.17, 15) is 0 Å². The molecule has 0 aromatic heterocycles. The average molecular weight is 336 g/mol. The molecule has 0 amide bonds. The molecule has 0 aliphatic carbocycles. The smallest absolute Gasteiger partial charge is 0.250 e. The van der Waals surface area contributed by atoms with Crippen LogP contribution in [-0.4, -0.2) is 8.32 Å². The maximum absolute atomic E-state index is 6.29. The molecule has 1 aromatic carbocycles. The third kappa shape index (κ3) is 3.73. The summed E-state index contributed by atoms with van der Waals surface area (Å²) in [4.78, 5) is 0. The zero-order valence-electron chi connectivity index (χ0n) is 11.1. The van der Waals surface area contributed by atoms with Crippen LogP contribution in [0.15, 0.2) is 18.2 Å². The molecule has 0 aliphatic rings. The predicted octanol–water partition coefficient (Wildman–Crippen LogP) is 5.62. The van der Waals surface area contributed by atoms with E-state index in [4.69, 9.17) is 16.0 Å². The van der Waals surface area contributed by atoms with E-state index < -0.39 is 8.32 Å². The normalized spacial score (nSPS) is 12.6. The van der Waals surface area contributed by atoms with Gasteiger partial charge in [0, 0.05) is 15.9 Å². The summed E-state index contributed by atoms with van der Waals surface area (Å²) in [5.41, 5.74) is 1.11. The van der Waals surface area contributed by atoms with Crippen LogP contribution in [0.1, 0.15) is 26.3 Å². The van der Waals surface area contributed by atoms with Crippen molar-refractivity contribution < 1.29 is 4.43 Å². The molecule has 1 rings (SSSR count). The van der Waals surface area contributed by atoms with Gasteiger partial charge >= 0.3 is 0 Å². The Morgan fingerprint density at radius 2 is 1.88 bits per heavy atom. The first kappa shape index (κ1) is 15.1. The molecule has 0 aliphatic heterocycles. The van der Waals surface area contributed by atoms with E-state index in [2.05, 4.69) is 49.8 Å². The zero-order valence-corrected chi connectivity index (χ0v) is 14.4.